The quantitative estimate of drug-likeness (QED) is 0.794. The lowest BCUT2D eigenvalue weighted by Crippen LogP contribution is -2.39. The van der Waals surface area contributed by atoms with E-state index in [4.69, 9.17) is 9.47 Å². The number of aryl methyl sites for hydroxylation is 1. The minimum Gasteiger partial charge on any atom is -0.493 e. The highest BCUT2D eigenvalue weighted by atomic mass is 32.1. The van der Waals surface area contributed by atoms with Crippen molar-refractivity contribution < 1.29 is 19.4 Å². The molecule has 26 heavy (non-hydrogen) atoms. The maximum absolute atomic E-state index is 11.8. The molecule has 140 valence electrons. The van der Waals surface area contributed by atoms with Crippen molar-refractivity contribution in [2.24, 2.45) is 0 Å². The lowest BCUT2D eigenvalue weighted by atomic mass is 10.0. The van der Waals surface area contributed by atoms with Crippen LogP contribution in [0.3, 0.4) is 0 Å². The first kappa shape index (κ1) is 18.7. The molecule has 0 radical (unpaired) electrons. The minimum atomic E-state index is -0.750. The summed E-state index contributed by atoms with van der Waals surface area (Å²) in [6.07, 6.45) is 2.56. The fraction of sp³-hybridized carbons (Fsp3) is 0.450. The van der Waals surface area contributed by atoms with E-state index in [1.54, 1.807) is 25.6 Å². The molecule has 0 aliphatic carbocycles. The fourth-order valence-corrected chi connectivity index (χ4v) is 4.74. The summed E-state index contributed by atoms with van der Waals surface area (Å²) >= 11 is 1.75. The Morgan fingerprint density at radius 1 is 1.27 bits per heavy atom. The molecule has 1 fully saturated rings. The molecule has 3 rings (SSSR count). The molecule has 1 N–H and O–H groups in total. The predicted octanol–water partition coefficient (Wildman–Crippen LogP) is 3.97. The van der Waals surface area contributed by atoms with Gasteiger partial charge in [-0.2, -0.15) is 0 Å². The molecule has 0 saturated carbocycles. The molecule has 5 nitrogen and oxygen atoms in total. The van der Waals surface area contributed by atoms with Gasteiger partial charge in [-0.3, -0.25) is 9.69 Å². The Morgan fingerprint density at radius 2 is 2.04 bits per heavy atom. The Balaban J connectivity index is 2.07. The van der Waals surface area contributed by atoms with Gasteiger partial charge in [0.25, 0.3) is 0 Å². The van der Waals surface area contributed by atoms with Crippen molar-refractivity contribution in [3.05, 3.63) is 45.6 Å². The van der Waals surface area contributed by atoms with Crippen LogP contribution in [0.2, 0.25) is 0 Å². The van der Waals surface area contributed by atoms with Gasteiger partial charge in [0.2, 0.25) is 0 Å². The van der Waals surface area contributed by atoms with Crippen molar-refractivity contribution in [1.82, 2.24) is 4.90 Å². The molecule has 0 spiro atoms. The molecule has 0 bridgehead atoms. The second-order valence-corrected chi connectivity index (χ2v) is 7.61. The number of rotatable bonds is 7. The monoisotopic (exact) mass is 375 g/mol. The molecule has 2 aromatic rings. The number of hydrogen-bond donors (Lipinski definition) is 1. The Hall–Kier alpha value is -2.05. The number of carboxylic acid groups (broad SMARTS) is 1. The molecule has 6 heteroatoms. The van der Waals surface area contributed by atoms with Crippen molar-refractivity contribution in [1.29, 1.82) is 0 Å². The summed E-state index contributed by atoms with van der Waals surface area (Å²) in [5.74, 6) is 0.584. The highest BCUT2D eigenvalue weighted by Gasteiger charge is 2.37. The second-order valence-electron chi connectivity index (χ2n) is 6.41. The van der Waals surface area contributed by atoms with Crippen LogP contribution in [0.4, 0.5) is 0 Å². The third-order valence-corrected chi connectivity index (χ3v) is 6.22. The Morgan fingerprint density at radius 3 is 2.65 bits per heavy atom. The minimum absolute atomic E-state index is 0.0938. The van der Waals surface area contributed by atoms with E-state index in [0.717, 1.165) is 24.9 Å². The number of carboxylic acids is 1. The lowest BCUT2D eigenvalue weighted by Gasteiger charge is -2.31. The number of thiophene rings is 1. The number of hydrogen-bond acceptors (Lipinski definition) is 5. The van der Waals surface area contributed by atoms with Gasteiger partial charge in [-0.15, -0.1) is 11.3 Å². The molecule has 1 aromatic heterocycles. The van der Waals surface area contributed by atoms with E-state index >= 15 is 0 Å². The van der Waals surface area contributed by atoms with Gasteiger partial charge in [0, 0.05) is 16.3 Å². The van der Waals surface area contributed by atoms with Crippen LogP contribution in [0.1, 0.15) is 41.1 Å². The zero-order chi connectivity index (χ0) is 18.7. The highest BCUT2D eigenvalue weighted by molar-refractivity contribution is 7.12. The summed E-state index contributed by atoms with van der Waals surface area (Å²) in [6, 6.07) is 9.58. The standard InChI is InChI=1S/C20H25NO4S/c1-4-14-8-10-18(26-14)19(21-11-5-6-15(21)20(22)23)13-7-9-16(24-2)17(12-13)25-3/h7-10,12,15,19H,4-6,11H2,1-3H3,(H,22,23). The molecule has 0 amide bonds. The van der Waals surface area contributed by atoms with Crippen LogP contribution in [-0.2, 0) is 11.2 Å². The summed E-state index contributed by atoms with van der Waals surface area (Å²) in [6.45, 7) is 2.91. The summed E-state index contributed by atoms with van der Waals surface area (Å²) in [5.41, 5.74) is 1.03. The van der Waals surface area contributed by atoms with Crippen LogP contribution in [0.25, 0.3) is 0 Å². The van der Waals surface area contributed by atoms with Crippen molar-refractivity contribution in [2.45, 2.75) is 38.3 Å². The summed E-state index contributed by atoms with van der Waals surface area (Å²) in [7, 11) is 3.23. The van der Waals surface area contributed by atoms with Crippen LogP contribution in [0, 0.1) is 0 Å². The van der Waals surface area contributed by atoms with Gasteiger partial charge in [0.05, 0.1) is 20.3 Å². The number of ether oxygens (including phenoxy) is 2. The van der Waals surface area contributed by atoms with E-state index in [0.29, 0.717) is 17.9 Å². The first-order chi connectivity index (χ1) is 12.6. The van der Waals surface area contributed by atoms with Crippen LogP contribution in [-0.4, -0.2) is 42.8 Å². The number of benzene rings is 1. The van der Waals surface area contributed by atoms with E-state index in [9.17, 15) is 9.90 Å². The largest absolute Gasteiger partial charge is 0.493 e. The SMILES string of the molecule is CCc1ccc(C(c2ccc(OC)c(OC)c2)N2CCCC2C(=O)O)s1. The Bertz CT molecular complexity index is 773. The summed E-state index contributed by atoms with van der Waals surface area (Å²) in [4.78, 5) is 16.4. The molecule has 1 aromatic carbocycles. The molecular weight excluding hydrogens is 350 g/mol. The Kier molecular flexibility index (Phi) is 5.84. The Labute approximate surface area is 158 Å². The number of aliphatic carboxylic acids is 1. The second kappa shape index (κ2) is 8.10. The summed E-state index contributed by atoms with van der Waals surface area (Å²) in [5, 5.41) is 9.68. The normalized spacial score (nSPS) is 18.7. The smallest absolute Gasteiger partial charge is 0.320 e. The van der Waals surface area contributed by atoms with E-state index in [2.05, 4.69) is 24.0 Å². The predicted molar refractivity (Wildman–Crippen MR) is 102 cm³/mol. The van der Waals surface area contributed by atoms with Gasteiger partial charge in [-0.1, -0.05) is 13.0 Å². The third-order valence-electron chi connectivity index (χ3n) is 4.93. The molecule has 1 aliphatic rings. The van der Waals surface area contributed by atoms with Crippen LogP contribution in [0.15, 0.2) is 30.3 Å². The first-order valence-electron chi connectivity index (χ1n) is 8.88. The number of nitrogens with zero attached hydrogens (tertiary/aromatic N) is 1. The fourth-order valence-electron chi connectivity index (χ4n) is 3.64. The van der Waals surface area contributed by atoms with E-state index in [1.165, 1.54) is 9.75 Å². The lowest BCUT2D eigenvalue weighted by molar-refractivity contribution is -0.142. The average molecular weight is 375 g/mol. The molecule has 2 unspecified atom stereocenters. The zero-order valence-corrected chi connectivity index (χ0v) is 16.2. The molecule has 2 atom stereocenters. The van der Waals surface area contributed by atoms with Gasteiger partial charge in [-0.25, -0.2) is 0 Å². The van der Waals surface area contributed by atoms with Gasteiger partial charge < -0.3 is 14.6 Å². The summed E-state index contributed by atoms with van der Waals surface area (Å²) < 4.78 is 10.8. The maximum atomic E-state index is 11.8. The van der Waals surface area contributed by atoms with Crippen molar-refractivity contribution in [3.8, 4) is 11.5 Å². The van der Waals surface area contributed by atoms with Gasteiger partial charge in [0.1, 0.15) is 6.04 Å². The van der Waals surface area contributed by atoms with Gasteiger partial charge >= 0.3 is 5.97 Å². The van der Waals surface area contributed by atoms with E-state index < -0.39 is 12.0 Å². The third kappa shape index (κ3) is 3.57. The number of likely N-dealkylation sites (tertiary alicyclic amines) is 1. The average Bonchev–Trinajstić information content (AvgIpc) is 3.31. The zero-order valence-electron chi connectivity index (χ0n) is 15.4. The van der Waals surface area contributed by atoms with Crippen LogP contribution < -0.4 is 9.47 Å². The van der Waals surface area contributed by atoms with Crippen LogP contribution in [0.5, 0.6) is 11.5 Å². The highest BCUT2D eigenvalue weighted by Crippen LogP contribution is 2.40. The van der Waals surface area contributed by atoms with Crippen molar-refractivity contribution >= 4 is 17.3 Å². The molecule has 1 aliphatic heterocycles. The van der Waals surface area contributed by atoms with E-state index in [1.807, 2.05) is 18.2 Å². The molecule has 1 saturated heterocycles. The molecular formula is C20H25NO4S. The van der Waals surface area contributed by atoms with Gasteiger partial charge in [0.15, 0.2) is 11.5 Å². The van der Waals surface area contributed by atoms with Crippen LogP contribution >= 0.6 is 11.3 Å². The van der Waals surface area contributed by atoms with Crippen molar-refractivity contribution in [3.63, 3.8) is 0 Å². The topological polar surface area (TPSA) is 59.0 Å². The first-order valence-corrected chi connectivity index (χ1v) is 9.69. The number of methoxy groups -OCH3 is 2. The molecule has 2 heterocycles. The maximum Gasteiger partial charge on any atom is 0.320 e. The van der Waals surface area contributed by atoms with Crippen molar-refractivity contribution in [2.75, 3.05) is 20.8 Å². The van der Waals surface area contributed by atoms with E-state index in [-0.39, 0.29) is 6.04 Å². The number of carbonyl (C=O) groups is 1. The van der Waals surface area contributed by atoms with Gasteiger partial charge in [-0.05, 0) is 49.1 Å².